The van der Waals surface area contributed by atoms with Crippen molar-refractivity contribution in [2.75, 3.05) is 38.8 Å². The maximum absolute atomic E-state index is 12.8. The van der Waals surface area contributed by atoms with Crippen molar-refractivity contribution in [3.63, 3.8) is 0 Å². The van der Waals surface area contributed by atoms with Crippen LogP contribution in [-0.2, 0) is 32.5 Å². The summed E-state index contributed by atoms with van der Waals surface area (Å²) < 4.78 is 16.7. The zero-order chi connectivity index (χ0) is 33.0. The molecule has 0 saturated carbocycles. The molecule has 10 heteroatoms. The Kier molecular flexibility index (Phi) is 12.0. The van der Waals surface area contributed by atoms with Crippen LogP contribution in [0.15, 0.2) is 72.8 Å². The first kappa shape index (κ1) is 33.7. The summed E-state index contributed by atoms with van der Waals surface area (Å²) in [7, 11) is 3.25. The zero-order valence-electron chi connectivity index (χ0n) is 27.7. The molecule has 1 saturated heterocycles. The van der Waals surface area contributed by atoms with Gasteiger partial charge >= 0.3 is 11.7 Å². The third kappa shape index (κ3) is 9.42. The van der Waals surface area contributed by atoms with E-state index < -0.39 is 0 Å². The van der Waals surface area contributed by atoms with Crippen LogP contribution in [0.3, 0.4) is 0 Å². The number of unbranched alkanes of at least 4 members (excludes halogenated alkanes) is 1. The zero-order valence-corrected chi connectivity index (χ0v) is 27.7. The number of nitro groups is 1. The van der Waals surface area contributed by atoms with Crippen LogP contribution in [0.25, 0.3) is 0 Å². The molecule has 10 nitrogen and oxygen atoms in total. The SMILES string of the molecule is CCCCOc1nc(CCc2ccc(CN3CCCC3)cc2)c([N+](=O)[O-])c(N(Cc2ccc(OC)cc2)Cc2ccc(OC)cc2)n1. The number of rotatable bonds is 17. The van der Waals surface area contributed by atoms with E-state index >= 15 is 0 Å². The number of hydrogen-bond donors (Lipinski definition) is 0. The number of nitrogens with zero attached hydrogens (tertiary/aromatic N) is 5. The van der Waals surface area contributed by atoms with Crippen molar-refractivity contribution in [3.8, 4) is 17.5 Å². The van der Waals surface area contributed by atoms with Gasteiger partial charge in [0.25, 0.3) is 0 Å². The minimum atomic E-state index is -0.353. The Morgan fingerprint density at radius 2 is 1.34 bits per heavy atom. The van der Waals surface area contributed by atoms with E-state index in [1.807, 2.05) is 53.4 Å². The van der Waals surface area contributed by atoms with Crippen molar-refractivity contribution in [2.24, 2.45) is 0 Å². The van der Waals surface area contributed by atoms with Crippen LogP contribution >= 0.6 is 0 Å². The van der Waals surface area contributed by atoms with Gasteiger partial charge in [-0.2, -0.15) is 9.97 Å². The van der Waals surface area contributed by atoms with Crippen molar-refractivity contribution in [2.45, 2.75) is 65.1 Å². The first-order chi connectivity index (χ1) is 22.9. The second-order valence-corrected chi connectivity index (χ2v) is 11.9. The number of hydrogen-bond acceptors (Lipinski definition) is 9. The van der Waals surface area contributed by atoms with Gasteiger partial charge in [0.05, 0.1) is 25.7 Å². The number of ether oxygens (including phenoxy) is 3. The number of benzene rings is 3. The highest BCUT2D eigenvalue weighted by molar-refractivity contribution is 5.62. The van der Waals surface area contributed by atoms with E-state index in [0.717, 1.165) is 60.7 Å². The van der Waals surface area contributed by atoms with Crippen LogP contribution < -0.4 is 19.1 Å². The number of likely N-dealkylation sites (tertiary alicyclic amines) is 1. The van der Waals surface area contributed by atoms with Crippen LogP contribution in [0, 0.1) is 10.1 Å². The topological polar surface area (TPSA) is 103 Å². The Morgan fingerprint density at radius 3 is 1.87 bits per heavy atom. The first-order valence-corrected chi connectivity index (χ1v) is 16.4. The van der Waals surface area contributed by atoms with Crippen LogP contribution in [0.5, 0.6) is 17.5 Å². The molecule has 4 aromatic rings. The maximum Gasteiger partial charge on any atom is 0.333 e. The number of aryl methyl sites for hydroxylation is 2. The van der Waals surface area contributed by atoms with Gasteiger partial charge in [0.2, 0.25) is 5.82 Å². The smallest absolute Gasteiger partial charge is 0.333 e. The third-order valence-electron chi connectivity index (χ3n) is 8.47. The highest BCUT2D eigenvalue weighted by atomic mass is 16.6. The lowest BCUT2D eigenvalue weighted by Crippen LogP contribution is -2.25. The molecule has 1 aromatic heterocycles. The fourth-order valence-corrected chi connectivity index (χ4v) is 5.80. The second-order valence-electron chi connectivity index (χ2n) is 11.9. The van der Waals surface area contributed by atoms with E-state index in [2.05, 4.69) is 41.1 Å². The van der Waals surface area contributed by atoms with Crippen molar-refractivity contribution in [1.82, 2.24) is 14.9 Å². The van der Waals surface area contributed by atoms with Gasteiger partial charge in [0, 0.05) is 26.1 Å². The molecule has 1 fully saturated rings. The molecule has 0 spiro atoms. The fraction of sp³-hybridized carbons (Fsp3) is 0.405. The minimum Gasteiger partial charge on any atom is -0.497 e. The highest BCUT2D eigenvalue weighted by Gasteiger charge is 2.29. The molecule has 0 N–H and O–H groups in total. The molecular formula is C37H45N5O5. The van der Waals surface area contributed by atoms with E-state index in [4.69, 9.17) is 19.2 Å². The molecule has 0 amide bonds. The summed E-state index contributed by atoms with van der Waals surface area (Å²) in [5, 5.41) is 12.8. The molecule has 248 valence electrons. The monoisotopic (exact) mass is 639 g/mol. The van der Waals surface area contributed by atoms with Gasteiger partial charge < -0.3 is 19.1 Å². The lowest BCUT2D eigenvalue weighted by atomic mass is 10.0. The predicted octanol–water partition coefficient (Wildman–Crippen LogP) is 7.17. The molecule has 5 rings (SSSR count). The second kappa shape index (κ2) is 16.7. The summed E-state index contributed by atoms with van der Waals surface area (Å²) >= 11 is 0. The molecular weight excluding hydrogens is 594 g/mol. The van der Waals surface area contributed by atoms with Crippen molar-refractivity contribution >= 4 is 11.5 Å². The fourth-order valence-electron chi connectivity index (χ4n) is 5.80. The Bertz CT molecular complexity index is 1520. The van der Waals surface area contributed by atoms with Crippen molar-refractivity contribution in [1.29, 1.82) is 0 Å². The van der Waals surface area contributed by atoms with Crippen LogP contribution in [0.4, 0.5) is 11.5 Å². The summed E-state index contributed by atoms with van der Waals surface area (Å²) in [5.74, 6) is 1.71. The van der Waals surface area contributed by atoms with Gasteiger partial charge in [-0.1, -0.05) is 61.9 Å². The molecule has 2 heterocycles. The summed E-state index contributed by atoms with van der Waals surface area (Å²) in [6.07, 6.45) is 5.28. The van der Waals surface area contributed by atoms with Crippen molar-refractivity contribution in [3.05, 3.63) is 111 Å². The molecule has 1 aliphatic heterocycles. The van der Waals surface area contributed by atoms with E-state index in [9.17, 15) is 10.1 Å². The number of methoxy groups -OCH3 is 2. The Morgan fingerprint density at radius 1 is 0.787 bits per heavy atom. The van der Waals surface area contributed by atoms with Crippen LogP contribution in [0.1, 0.15) is 60.6 Å². The van der Waals surface area contributed by atoms with E-state index in [-0.39, 0.29) is 22.4 Å². The van der Waals surface area contributed by atoms with E-state index in [1.165, 1.54) is 18.4 Å². The Hall–Kier alpha value is -4.70. The first-order valence-electron chi connectivity index (χ1n) is 16.4. The number of anilines is 1. The summed E-state index contributed by atoms with van der Waals surface area (Å²) in [6.45, 7) is 6.52. The standard InChI is InChI=1S/C37H45N5O5/c1-4-5-24-47-37-38-34(21-16-28-8-10-29(11-9-28)25-40-22-6-7-23-40)35(42(43)44)36(39-37)41(26-30-12-17-32(45-2)18-13-30)27-31-14-19-33(46-3)20-15-31/h8-15,17-20H,4-7,16,21-27H2,1-3H3. The normalized spacial score (nSPS) is 13.0. The average molecular weight is 640 g/mol. The van der Waals surface area contributed by atoms with Gasteiger partial charge in [-0.15, -0.1) is 0 Å². The third-order valence-corrected chi connectivity index (χ3v) is 8.47. The van der Waals surface area contributed by atoms with Gasteiger partial charge in [0.15, 0.2) is 0 Å². The molecule has 0 aliphatic carbocycles. The van der Waals surface area contributed by atoms with E-state index in [1.54, 1.807) is 14.2 Å². The molecule has 3 aromatic carbocycles. The van der Waals surface area contributed by atoms with Gasteiger partial charge in [-0.05, 0) is 85.3 Å². The van der Waals surface area contributed by atoms with E-state index in [0.29, 0.717) is 38.2 Å². The Labute approximate surface area is 277 Å². The quantitative estimate of drug-likeness (QED) is 0.0676. The molecule has 0 bridgehead atoms. The molecule has 47 heavy (non-hydrogen) atoms. The molecule has 0 unspecified atom stereocenters. The van der Waals surface area contributed by atoms with Crippen LogP contribution in [0.2, 0.25) is 0 Å². The lowest BCUT2D eigenvalue weighted by Gasteiger charge is -2.25. The van der Waals surface area contributed by atoms with Crippen LogP contribution in [-0.4, -0.2) is 53.7 Å². The molecule has 0 radical (unpaired) electrons. The average Bonchev–Trinajstić information content (AvgIpc) is 3.61. The summed E-state index contributed by atoms with van der Waals surface area (Å²) in [4.78, 5) is 26.2. The van der Waals surface area contributed by atoms with Crippen molar-refractivity contribution < 1.29 is 19.1 Å². The largest absolute Gasteiger partial charge is 0.497 e. The highest BCUT2D eigenvalue weighted by Crippen LogP contribution is 2.34. The van der Waals surface area contributed by atoms with Gasteiger partial charge in [0.1, 0.15) is 17.2 Å². The predicted molar refractivity (Wildman–Crippen MR) is 183 cm³/mol. The summed E-state index contributed by atoms with van der Waals surface area (Å²) in [5.41, 5.74) is 4.56. The lowest BCUT2D eigenvalue weighted by molar-refractivity contribution is -0.385. The van der Waals surface area contributed by atoms with Gasteiger partial charge in [-0.3, -0.25) is 15.0 Å². The maximum atomic E-state index is 12.8. The summed E-state index contributed by atoms with van der Waals surface area (Å²) in [6, 6.07) is 24.1. The number of aromatic nitrogens is 2. The molecule has 1 aliphatic rings. The molecule has 0 atom stereocenters. The Balaban J connectivity index is 1.48. The minimum absolute atomic E-state index is 0.0967. The van der Waals surface area contributed by atoms with Gasteiger partial charge in [-0.25, -0.2) is 0 Å².